The molecule has 1 aliphatic carbocycles. The number of anilines is 1. The molecule has 1 aromatic heterocycles. The number of ether oxygens (including phenoxy) is 1. The molecule has 0 spiro atoms. The number of carbonyl (C=O) groups is 2. The number of thiophene rings is 1. The van der Waals surface area contributed by atoms with Crippen LogP contribution >= 0.6 is 11.3 Å². The van der Waals surface area contributed by atoms with E-state index >= 15 is 0 Å². The second-order valence-electron chi connectivity index (χ2n) is 6.27. The van der Waals surface area contributed by atoms with Gasteiger partial charge in [-0.3, -0.25) is 4.79 Å². The number of rotatable bonds is 5. The van der Waals surface area contributed by atoms with Gasteiger partial charge in [0, 0.05) is 10.4 Å². The lowest BCUT2D eigenvalue weighted by atomic mass is 9.85. The fourth-order valence-corrected chi connectivity index (χ4v) is 4.62. The molecule has 1 amide bonds. The second-order valence-corrected chi connectivity index (χ2v) is 7.37. The van der Waals surface area contributed by atoms with Gasteiger partial charge in [0.05, 0.1) is 12.2 Å². The molecule has 1 aromatic carbocycles. The fourth-order valence-electron chi connectivity index (χ4n) is 3.27. The third-order valence-corrected chi connectivity index (χ3v) is 5.86. The van der Waals surface area contributed by atoms with Crippen LogP contribution in [0.25, 0.3) is 0 Å². The van der Waals surface area contributed by atoms with Gasteiger partial charge in [-0.15, -0.1) is 11.3 Å². The third-order valence-electron chi connectivity index (χ3n) is 4.69. The predicted molar refractivity (Wildman–Crippen MR) is 100 cm³/mol. The van der Waals surface area contributed by atoms with E-state index in [0.717, 1.165) is 31.2 Å². The maximum Gasteiger partial charge on any atom is 0.341 e. The first kappa shape index (κ1) is 17.7. The molecular weight excluding hydrogens is 334 g/mol. The van der Waals surface area contributed by atoms with Crippen molar-refractivity contribution in [1.29, 1.82) is 0 Å². The molecule has 2 aromatic rings. The molecule has 1 atom stereocenters. The largest absolute Gasteiger partial charge is 0.462 e. The van der Waals surface area contributed by atoms with Gasteiger partial charge in [-0.25, -0.2) is 4.79 Å². The molecule has 1 heterocycles. The molecular formula is C20H23NO3S. The van der Waals surface area contributed by atoms with Crippen molar-refractivity contribution >= 4 is 28.2 Å². The van der Waals surface area contributed by atoms with Crippen LogP contribution in [-0.2, 0) is 17.6 Å². The first-order chi connectivity index (χ1) is 12.1. The molecule has 1 N–H and O–H groups in total. The number of nitrogens with one attached hydrogen (secondary N) is 1. The van der Waals surface area contributed by atoms with Gasteiger partial charge in [0.25, 0.3) is 5.91 Å². The number of carbonyl (C=O) groups excluding carboxylic acids is 2. The quantitative estimate of drug-likeness (QED) is 0.790. The van der Waals surface area contributed by atoms with E-state index in [1.165, 1.54) is 16.2 Å². The molecule has 25 heavy (non-hydrogen) atoms. The maximum atomic E-state index is 12.5. The maximum absolute atomic E-state index is 12.5. The smallest absolute Gasteiger partial charge is 0.341 e. The van der Waals surface area contributed by atoms with Crippen molar-refractivity contribution in [3.8, 4) is 0 Å². The summed E-state index contributed by atoms with van der Waals surface area (Å²) in [6.07, 6.45) is 4.07. The Balaban J connectivity index is 1.93. The van der Waals surface area contributed by atoms with E-state index < -0.39 is 0 Å². The summed E-state index contributed by atoms with van der Waals surface area (Å²) in [7, 11) is 0. The molecule has 5 heteroatoms. The molecule has 0 fully saturated rings. The standard InChI is InChI=1S/C20H23NO3S/c1-3-13-10-11-15-16(12-13)25-19(17(15)20(23)24-4-2)21-18(22)14-8-6-5-7-9-14/h5-9,13H,3-4,10-12H2,1-2H3,(H,21,22). The molecule has 3 rings (SSSR count). The topological polar surface area (TPSA) is 55.4 Å². The van der Waals surface area contributed by atoms with Crippen molar-refractivity contribution < 1.29 is 14.3 Å². The van der Waals surface area contributed by atoms with E-state index in [1.54, 1.807) is 19.1 Å². The number of hydrogen-bond acceptors (Lipinski definition) is 4. The highest BCUT2D eigenvalue weighted by atomic mass is 32.1. The number of amides is 1. The Hall–Kier alpha value is -2.14. The van der Waals surface area contributed by atoms with Gasteiger partial charge in [0.1, 0.15) is 5.00 Å². The molecule has 1 aliphatic rings. The van der Waals surface area contributed by atoms with Gasteiger partial charge >= 0.3 is 5.97 Å². The van der Waals surface area contributed by atoms with Gasteiger partial charge in [0.2, 0.25) is 0 Å². The summed E-state index contributed by atoms with van der Waals surface area (Å²) in [5, 5.41) is 3.55. The Kier molecular flexibility index (Phi) is 5.53. The zero-order chi connectivity index (χ0) is 17.8. The van der Waals surface area contributed by atoms with Crippen LogP contribution in [0.1, 0.15) is 57.8 Å². The van der Waals surface area contributed by atoms with Crippen molar-refractivity contribution in [2.45, 2.75) is 39.5 Å². The molecule has 0 aliphatic heterocycles. The van der Waals surface area contributed by atoms with Crippen LogP contribution < -0.4 is 5.32 Å². The average molecular weight is 357 g/mol. The van der Waals surface area contributed by atoms with Crippen molar-refractivity contribution in [3.05, 3.63) is 51.9 Å². The Bertz CT molecular complexity index is 767. The zero-order valence-electron chi connectivity index (χ0n) is 14.6. The summed E-state index contributed by atoms with van der Waals surface area (Å²) >= 11 is 1.53. The second kappa shape index (κ2) is 7.83. The lowest BCUT2D eigenvalue weighted by molar-refractivity contribution is 0.0526. The van der Waals surface area contributed by atoms with Crippen molar-refractivity contribution in [1.82, 2.24) is 0 Å². The van der Waals surface area contributed by atoms with Crippen molar-refractivity contribution in [3.63, 3.8) is 0 Å². The van der Waals surface area contributed by atoms with Crippen LogP contribution in [0.5, 0.6) is 0 Å². The zero-order valence-corrected chi connectivity index (χ0v) is 15.4. The van der Waals surface area contributed by atoms with Crippen LogP contribution in [0.3, 0.4) is 0 Å². The van der Waals surface area contributed by atoms with Crippen molar-refractivity contribution in [2.24, 2.45) is 5.92 Å². The first-order valence-electron chi connectivity index (χ1n) is 8.82. The van der Waals surface area contributed by atoms with E-state index in [-0.39, 0.29) is 11.9 Å². The minimum absolute atomic E-state index is 0.197. The van der Waals surface area contributed by atoms with Gasteiger partial charge in [0.15, 0.2) is 0 Å². The molecule has 0 bridgehead atoms. The molecule has 0 saturated heterocycles. The summed E-state index contributed by atoms with van der Waals surface area (Å²) in [5.41, 5.74) is 2.20. The highest BCUT2D eigenvalue weighted by Crippen LogP contribution is 2.41. The molecule has 0 saturated carbocycles. The number of esters is 1. The minimum atomic E-state index is -0.335. The number of fused-ring (bicyclic) bond motifs is 1. The lowest BCUT2D eigenvalue weighted by Gasteiger charge is -2.20. The summed E-state index contributed by atoms with van der Waals surface area (Å²) < 4.78 is 5.25. The summed E-state index contributed by atoms with van der Waals surface area (Å²) in [4.78, 5) is 26.2. The monoisotopic (exact) mass is 357 g/mol. The summed E-state index contributed by atoms with van der Waals surface area (Å²) in [5.74, 6) is 0.119. The summed E-state index contributed by atoms with van der Waals surface area (Å²) in [6.45, 7) is 4.33. The van der Waals surface area contributed by atoms with E-state index in [4.69, 9.17) is 4.74 Å². The fraction of sp³-hybridized carbons (Fsp3) is 0.400. The minimum Gasteiger partial charge on any atom is -0.462 e. The average Bonchev–Trinajstić information content (AvgIpc) is 2.99. The van der Waals surface area contributed by atoms with Crippen molar-refractivity contribution in [2.75, 3.05) is 11.9 Å². The number of benzene rings is 1. The molecule has 4 nitrogen and oxygen atoms in total. The van der Waals surface area contributed by atoms with Crippen LogP contribution in [0, 0.1) is 5.92 Å². The Morgan fingerprint density at radius 3 is 2.68 bits per heavy atom. The molecule has 1 unspecified atom stereocenters. The highest BCUT2D eigenvalue weighted by Gasteiger charge is 2.29. The van der Waals surface area contributed by atoms with E-state index in [2.05, 4.69) is 12.2 Å². The first-order valence-corrected chi connectivity index (χ1v) is 9.63. The Morgan fingerprint density at radius 2 is 2.00 bits per heavy atom. The highest BCUT2D eigenvalue weighted by molar-refractivity contribution is 7.17. The van der Waals surface area contributed by atoms with E-state index in [9.17, 15) is 9.59 Å². The van der Waals surface area contributed by atoms with Gasteiger partial charge in [-0.2, -0.15) is 0 Å². The third kappa shape index (κ3) is 3.76. The Morgan fingerprint density at radius 1 is 1.24 bits per heavy atom. The van der Waals surface area contributed by atoms with Gasteiger partial charge in [-0.05, 0) is 49.8 Å². The predicted octanol–water partition coefficient (Wildman–Crippen LogP) is 4.69. The van der Waals surface area contributed by atoms with Crippen LogP contribution in [0.15, 0.2) is 30.3 Å². The van der Waals surface area contributed by atoms with Gasteiger partial charge < -0.3 is 10.1 Å². The normalized spacial score (nSPS) is 16.2. The van der Waals surface area contributed by atoms with E-state index in [0.29, 0.717) is 28.7 Å². The van der Waals surface area contributed by atoms with Crippen LogP contribution in [0.4, 0.5) is 5.00 Å². The van der Waals surface area contributed by atoms with Crippen LogP contribution in [-0.4, -0.2) is 18.5 Å². The Labute approximate surface area is 152 Å². The molecule has 132 valence electrons. The van der Waals surface area contributed by atoms with Crippen LogP contribution in [0.2, 0.25) is 0 Å². The van der Waals surface area contributed by atoms with E-state index in [1.807, 2.05) is 18.2 Å². The summed E-state index contributed by atoms with van der Waals surface area (Å²) in [6, 6.07) is 9.05. The lowest BCUT2D eigenvalue weighted by Crippen LogP contribution is -2.17. The molecule has 0 radical (unpaired) electrons. The number of hydrogen-bond donors (Lipinski definition) is 1. The van der Waals surface area contributed by atoms with Gasteiger partial charge in [-0.1, -0.05) is 31.5 Å². The SMILES string of the molecule is CCOC(=O)c1c(NC(=O)c2ccccc2)sc2c1CCC(CC)C2.